The maximum atomic E-state index is 13.9. The van der Waals surface area contributed by atoms with E-state index in [1.807, 2.05) is 0 Å². The van der Waals surface area contributed by atoms with Gasteiger partial charge in [0.05, 0.1) is 12.5 Å². The number of nitrogens with zero attached hydrogens (tertiary/aromatic N) is 1. The number of hydrogen-bond donors (Lipinski definition) is 1. The monoisotopic (exact) mass is 499 g/mol. The molecule has 0 aromatic heterocycles. The number of carbonyl (C=O) groups is 3. The third kappa shape index (κ3) is 4.27. The van der Waals surface area contributed by atoms with Crippen molar-refractivity contribution < 1.29 is 32.7 Å². The van der Waals surface area contributed by atoms with Gasteiger partial charge in [-0.05, 0) is 53.8 Å². The number of Topliss-reactive ketones (excluding diaryl/α,β-unsaturated/α-hetero) is 1. The molecule has 1 aliphatic carbocycles. The van der Waals surface area contributed by atoms with Gasteiger partial charge < -0.3 is 5.11 Å². The van der Waals surface area contributed by atoms with Crippen molar-refractivity contribution in [1.29, 1.82) is 0 Å². The Morgan fingerprint density at radius 3 is 2.18 bits per heavy atom. The molecule has 2 aromatic rings. The summed E-state index contributed by atoms with van der Waals surface area (Å²) in [6.07, 6.45) is -5.17. The van der Waals surface area contributed by atoms with E-state index < -0.39 is 35.6 Å². The number of rotatable bonds is 5. The third-order valence-corrected chi connectivity index (χ3v) is 6.57. The van der Waals surface area contributed by atoms with Gasteiger partial charge in [-0.25, -0.2) is 0 Å². The van der Waals surface area contributed by atoms with Gasteiger partial charge in [-0.2, -0.15) is 13.2 Å². The van der Waals surface area contributed by atoms with Crippen LogP contribution in [0.15, 0.2) is 36.4 Å². The molecule has 1 unspecified atom stereocenters. The molecule has 0 saturated carbocycles. The molecule has 0 radical (unpaired) electrons. The number of benzene rings is 2. The largest absolute Gasteiger partial charge is 0.421 e. The van der Waals surface area contributed by atoms with Crippen LogP contribution in [0.1, 0.15) is 58.8 Å². The zero-order chi connectivity index (χ0) is 24.1. The lowest BCUT2D eigenvalue weighted by Gasteiger charge is -2.31. The van der Waals surface area contributed by atoms with E-state index in [1.165, 1.54) is 23.1 Å². The number of hydrogen-bond acceptors (Lipinski definition) is 4. The lowest BCUT2D eigenvalue weighted by atomic mass is 9.86. The number of aliphatic hydroxyl groups is 1. The molecule has 2 aromatic carbocycles. The molecule has 1 saturated heterocycles. The Morgan fingerprint density at radius 2 is 1.61 bits per heavy atom. The quantitative estimate of drug-likeness (QED) is 0.455. The number of ketones is 1. The van der Waals surface area contributed by atoms with E-state index in [9.17, 15) is 32.7 Å². The highest BCUT2D eigenvalue weighted by molar-refractivity contribution is 6.34. The Morgan fingerprint density at radius 1 is 1.00 bits per heavy atom. The molecule has 0 bridgehead atoms. The summed E-state index contributed by atoms with van der Waals surface area (Å²) in [6, 6.07) is 7.00. The van der Waals surface area contributed by atoms with Crippen LogP contribution < -0.4 is 0 Å². The van der Waals surface area contributed by atoms with Crippen LogP contribution >= 0.6 is 23.2 Å². The minimum Gasteiger partial charge on any atom is -0.376 e. The van der Waals surface area contributed by atoms with Crippen molar-refractivity contribution in [3.05, 3.63) is 68.7 Å². The van der Waals surface area contributed by atoms with Gasteiger partial charge in [0.1, 0.15) is 0 Å². The summed E-state index contributed by atoms with van der Waals surface area (Å²) in [4.78, 5) is 38.3. The van der Waals surface area contributed by atoms with Gasteiger partial charge in [-0.1, -0.05) is 35.3 Å². The van der Waals surface area contributed by atoms with Gasteiger partial charge in [0, 0.05) is 28.5 Å². The first kappa shape index (κ1) is 23.7. The second-order valence-electron chi connectivity index (χ2n) is 8.24. The van der Waals surface area contributed by atoms with Crippen molar-refractivity contribution >= 4 is 40.8 Å². The van der Waals surface area contributed by atoms with Gasteiger partial charge in [-0.3, -0.25) is 19.3 Å². The fourth-order valence-electron chi connectivity index (χ4n) is 4.47. The van der Waals surface area contributed by atoms with E-state index in [1.54, 1.807) is 6.07 Å². The second-order valence-corrected chi connectivity index (χ2v) is 9.11. The van der Waals surface area contributed by atoms with E-state index >= 15 is 0 Å². The van der Waals surface area contributed by atoms with Crippen LogP contribution in [0.3, 0.4) is 0 Å². The van der Waals surface area contributed by atoms with Crippen molar-refractivity contribution in [2.45, 2.75) is 49.9 Å². The molecule has 33 heavy (non-hydrogen) atoms. The Bertz CT molecular complexity index is 1130. The summed E-state index contributed by atoms with van der Waals surface area (Å²) < 4.78 is 41.7. The molecule has 10 heteroatoms. The predicted octanol–water partition coefficient (Wildman–Crippen LogP) is 5.15. The van der Waals surface area contributed by atoms with E-state index in [0.29, 0.717) is 24.0 Å². The minimum atomic E-state index is -5.17. The Balaban J connectivity index is 1.63. The fourth-order valence-corrected chi connectivity index (χ4v) is 5.00. The van der Waals surface area contributed by atoms with Crippen molar-refractivity contribution in [2.24, 2.45) is 0 Å². The van der Waals surface area contributed by atoms with Crippen LogP contribution in [-0.4, -0.2) is 33.8 Å². The summed E-state index contributed by atoms with van der Waals surface area (Å²) in [5.74, 6) is -1.44. The SMILES string of the molecule is O=C(C[C@@](O)(c1cc(Cl)cc(Cl)c1)C(F)(F)F)c1ccc2c(c1)CCC2N1C(=O)CCC1=O. The number of fused-ring (bicyclic) bond motifs is 1. The van der Waals surface area contributed by atoms with Crippen molar-refractivity contribution in [1.82, 2.24) is 4.90 Å². The second kappa shape index (κ2) is 8.42. The lowest BCUT2D eigenvalue weighted by Crippen LogP contribution is -2.44. The van der Waals surface area contributed by atoms with Crippen LogP contribution in [0, 0.1) is 0 Å². The highest BCUT2D eigenvalue weighted by Gasteiger charge is 2.56. The third-order valence-electron chi connectivity index (χ3n) is 6.14. The molecule has 2 amide bonds. The Hall–Kier alpha value is -2.42. The molecule has 1 fully saturated rings. The zero-order valence-corrected chi connectivity index (χ0v) is 18.6. The van der Waals surface area contributed by atoms with Gasteiger partial charge in [0.15, 0.2) is 11.4 Å². The molecule has 1 heterocycles. The van der Waals surface area contributed by atoms with Crippen LogP contribution in [0.4, 0.5) is 13.2 Å². The molecular formula is C23H18Cl2F3NO4. The van der Waals surface area contributed by atoms with E-state index in [-0.39, 0.29) is 40.3 Å². The summed E-state index contributed by atoms with van der Waals surface area (Å²) in [5.41, 5.74) is -2.76. The number of aryl methyl sites for hydroxylation is 1. The first-order valence-electron chi connectivity index (χ1n) is 10.2. The molecule has 4 rings (SSSR count). The molecule has 1 N–H and O–H groups in total. The maximum Gasteiger partial charge on any atom is 0.421 e. The standard InChI is InChI=1S/C23H18Cl2F3NO4/c24-15-8-14(9-16(25)10-15)22(33,23(26,27)28)11-19(30)13-1-3-17-12(7-13)2-4-18(17)29-20(31)5-6-21(29)32/h1,3,7-10,18,33H,2,4-6,11H2/t18?,22-/m1/s1. The highest BCUT2D eigenvalue weighted by Crippen LogP contribution is 2.44. The van der Waals surface area contributed by atoms with Gasteiger partial charge >= 0.3 is 6.18 Å². The number of halogens is 5. The minimum absolute atomic E-state index is 0.00993. The number of alkyl halides is 3. The average molecular weight is 500 g/mol. The summed E-state index contributed by atoms with van der Waals surface area (Å²) in [6.45, 7) is 0. The van der Waals surface area contributed by atoms with E-state index in [0.717, 1.165) is 12.1 Å². The van der Waals surface area contributed by atoms with Gasteiger partial charge in [0.2, 0.25) is 11.8 Å². The molecule has 2 aliphatic rings. The topological polar surface area (TPSA) is 74.7 Å². The maximum absolute atomic E-state index is 13.9. The molecule has 0 spiro atoms. The molecule has 1 aliphatic heterocycles. The molecular weight excluding hydrogens is 482 g/mol. The summed E-state index contributed by atoms with van der Waals surface area (Å²) >= 11 is 11.6. The lowest BCUT2D eigenvalue weighted by molar-refractivity contribution is -0.264. The highest BCUT2D eigenvalue weighted by atomic mass is 35.5. The number of imide groups is 1. The smallest absolute Gasteiger partial charge is 0.376 e. The molecule has 2 atom stereocenters. The predicted molar refractivity (Wildman–Crippen MR) is 114 cm³/mol. The first-order valence-corrected chi connectivity index (χ1v) is 10.9. The van der Waals surface area contributed by atoms with E-state index in [4.69, 9.17) is 23.2 Å². The van der Waals surface area contributed by atoms with Crippen LogP contribution in [0.2, 0.25) is 10.0 Å². The van der Waals surface area contributed by atoms with Crippen LogP contribution in [0.5, 0.6) is 0 Å². The van der Waals surface area contributed by atoms with Crippen molar-refractivity contribution in [3.8, 4) is 0 Å². The molecule has 174 valence electrons. The molecule has 5 nitrogen and oxygen atoms in total. The van der Waals surface area contributed by atoms with Gasteiger partial charge in [-0.15, -0.1) is 0 Å². The fraction of sp³-hybridized carbons (Fsp3) is 0.348. The van der Waals surface area contributed by atoms with Crippen molar-refractivity contribution in [2.75, 3.05) is 0 Å². The van der Waals surface area contributed by atoms with E-state index in [2.05, 4.69) is 0 Å². The van der Waals surface area contributed by atoms with Crippen molar-refractivity contribution in [3.63, 3.8) is 0 Å². The van der Waals surface area contributed by atoms with Gasteiger partial charge in [0.25, 0.3) is 0 Å². The average Bonchev–Trinajstić information content (AvgIpc) is 3.28. The van der Waals surface area contributed by atoms with Crippen LogP contribution in [0.25, 0.3) is 0 Å². The normalized spacial score (nSPS) is 20.2. The summed E-state index contributed by atoms with van der Waals surface area (Å²) in [7, 11) is 0. The Kier molecular flexibility index (Phi) is 6.05. The Labute approximate surface area is 197 Å². The number of amides is 2. The van der Waals surface area contributed by atoms with Crippen LogP contribution in [-0.2, 0) is 21.6 Å². The number of likely N-dealkylation sites (tertiary alicyclic amines) is 1. The number of carbonyl (C=O) groups excluding carboxylic acids is 3. The zero-order valence-electron chi connectivity index (χ0n) is 17.1. The first-order chi connectivity index (χ1) is 15.4. The summed E-state index contributed by atoms with van der Waals surface area (Å²) in [5, 5.41) is 10.4.